The van der Waals surface area contributed by atoms with Gasteiger partial charge in [0, 0.05) is 11.1 Å². The highest BCUT2D eigenvalue weighted by Crippen LogP contribution is 2.32. The Morgan fingerprint density at radius 2 is 1.59 bits per heavy atom. The number of benzene rings is 3. The lowest BCUT2D eigenvalue weighted by Crippen LogP contribution is -2.13. The van der Waals surface area contributed by atoms with Gasteiger partial charge in [-0.05, 0) is 38.1 Å². The number of anilines is 3. The van der Waals surface area contributed by atoms with Crippen LogP contribution in [0.3, 0.4) is 0 Å². The summed E-state index contributed by atoms with van der Waals surface area (Å²) in [7, 11) is 0. The first-order valence-electron chi connectivity index (χ1n) is 11.8. The molecule has 0 aliphatic carbocycles. The maximum atomic E-state index is 11.6. The first-order valence-corrected chi connectivity index (χ1v) is 12.6. The normalized spacial score (nSPS) is 11.5. The van der Waals surface area contributed by atoms with Crippen LogP contribution in [0.4, 0.5) is 17.1 Å². The average Bonchev–Trinajstić information content (AvgIpc) is 3.56. The van der Waals surface area contributed by atoms with E-state index in [1.807, 2.05) is 78.3 Å². The highest BCUT2D eigenvalue weighted by atomic mass is 32.1. The lowest BCUT2D eigenvalue weighted by atomic mass is 10.1. The number of aryl methyl sites for hydroxylation is 1. The van der Waals surface area contributed by atoms with E-state index in [-0.39, 0.29) is 17.1 Å². The molecule has 5 aromatic rings. The molecule has 0 aliphatic rings. The Kier molecular flexibility index (Phi) is 7.36. The van der Waals surface area contributed by atoms with Crippen LogP contribution in [0.5, 0.6) is 0 Å². The monoisotopic (exact) mass is 541 g/mol. The molecule has 198 valence electrons. The second-order valence-corrected chi connectivity index (χ2v) is 9.50. The van der Waals surface area contributed by atoms with Crippen molar-refractivity contribution in [1.29, 1.82) is 0 Å². The fraction of sp³-hybridized carbons (Fsp3) is 0.0741. The van der Waals surface area contributed by atoms with Crippen molar-refractivity contribution in [2.45, 2.75) is 13.8 Å². The fourth-order valence-electron chi connectivity index (χ4n) is 3.99. The fourth-order valence-corrected chi connectivity index (χ4v) is 4.96. The first-order chi connectivity index (χ1) is 18.8. The van der Waals surface area contributed by atoms with E-state index in [0.717, 1.165) is 39.2 Å². The van der Waals surface area contributed by atoms with Crippen molar-refractivity contribution in [1.82, 2.24) is 14.8 Å². The molecule has 3 N–H and O–H groups in total. The molecule has 0 unspecified atom stereocenters. The van der Waals surface area contributed by atoms with Gasteiger partial charge < -0.3 is 20.9 Å². The zero-order valence-corrected chi connectivity index (χ0v) is 21.7. The third-order valence-corrected chi connectivity index (χ3v) is 7.14. The minimum Gasteiger partial charge on any atom is -0.733 e. The molecule has 2 heterocycles. The molecule has 0 saturated carbocycles. The minimum atomic E-state index is -0.413. The summed E-state index contributed by atoms with van der Waals surface area (Å²) < 4.78 is 1.82. The molecule has 39 heavy (non-hydrogen) atoms. The molecule has 5 rings (SSSR count). The van der Waals surface area contributed by atoms with Gasteiger partial charge in [0.25, 0.3) is 0 Å². The Morgan fingerprint density at radius 1 is 0.923 bits per heavy atom. The van der Waals surface area contributed by atoms with Crippen LogP contribution in [0.2, 0.25) is 0 Å². The van der Waals surface area contributed by atoms with E-state index in [0.29, 0.717) is 10.8 Å². The Hall–Kier alpha value is -4.59. The van der Waals surface area contributed by atoms with Crippen LogP contribution < -0.4 is 15.9 Å². The van der Waals surface area contributed by atoms with E-state index in [1.54, 1.807) is 6.92 Å². The van der Waals surface area contributed by atoms with Crippen LogP contribution in [0.15, 0.2) is 90.0 Å². The largest absolute Gasteiger partial charge is 0.733 e. The van der Waals surface area contributed by atoms with Crippen molar-refractivity contribution in [3.8, 4) is 27.6 Å². The van der Waals surface area contributed by atoms with Crippen LogP contribution in [-0.4, -0.2) is 30.9 Å². The standard InChI is InChI=1S/C27H23N7O4S/c1-17-26(18(2)29-30-22-14-13-21(33(35)36)15-25(22)34(37)38)39-27(28-17)32-24(20-11-7-4-8-12-20)16-23(31-32)19-9-5-3-6-10-19/h3-16,30,35,37H,1-2H3/q-2/b29-18+. The van der Waals surface area contributed by atoms with Crippen molar-refractivity contribution in [3.05, 3.63) is 106 Å². The zero-order chi connectivity index (χ0) is 27.5. The van der Waals surface area contributed by atoms with Gasteiger partial charge >= 0.3 is 0 Å². The molecule has 0 fully saturated rings. The average molecular weight is 542 g/mol. The van der Waals surface area contributed by atoms with Gasteiger partial charge in [0.05, 0.1) is 44.7 Å². The summed E-state index contributed by atoms with van der Waals surface area (Å²) in [5, 5.41) is 50.3. The van der Waals surface area contributed by atoms with Gasteiger partial charge in [-0.1, -0.05) is 72.0 Å². The third kappa shape index (κ3) is 5.50. The molecule has 0 saturated heterocycles. The number of rotatable bonds is 8. The summed E-state index contributed by atoms with van der Waals surface area (Å²) in [6, 6.07) is 25.5. The van der Waals surface area contributed by atoms with Crippen molar-refractivity contribution >= 4 is 34.1 Å². The number of hydrogen-bond donors (Lipinski definition) is 3. The van der Waals surface area contributed by atoms with Crippen LogP contribution in [0.1, 0.15) is 17.5 Å². The number of nitrogens with one attached hydrogen (secondary N) is 1. The van der Waals surface area contributed by atoms with Gasteiger partial charge in [0.15, 0.2) is 0 Å². The summed E-state index contributed by atoms with van der Waals surface area (Å²) in [6.07, 6.45) is 0. The maximum absolute atomic E-state index is 11.6. The molecule has 2 aromatic heterocycles. The quantitative estimate of drug-likeness (QED) is 0.154. The summed E-state index contributed by atoms with van der Waals surface area (Å²) in [4.78, 5) is 5.56. The van der Waals surface area contributed by atoms with Gasteiger partial charge in [0.2, 0.25) is 5.13 Å². The molecule has 3 aromatic carbocycles. The predicted octanol–water partition coefficient (Wildman–Crippen LogP) is 6.19. The molecule has 11 nitrogen and oxygen atoms in total. The lowest BCUT2D eigenvalue weighted by Gasteiger charge is -2.28. The van der Waals surface area contributed by atoms with E-state index >= 15 is 0 Å². The number of aromatic nitrogens is 3. The van der Waals surface area contributed by atoms with Gasteiger partial charge in [0.1, 0.15) is 0 Å². The molecular weight excluding hydrogens is 518 g/mol. The van der Waals surface area contributed by atoms with Crippen LogP contribution in [0, 0.1) is 17.3 Å². The van der Waals surface area contributed by atoms with E-state index in [2.05, 4.69) is 10.5 Å². The van der Waals surface area contributed by atoms with Gasteiger partial charge in [-0.15, -0.1) is 0 Å². The summed E-state index contributed by atoms with van der Waals surface area (Å²) in [6.45, 7) is 3.65. The molecule has 12 heteroatoms. The highest BCUT2D eigenvalue weighted by molar-refractivity contribution is 7.16. The highest BCUT2D eigenvalue weighted by Gasteiger charge is 2.18. The van der Waals surface area contributed by atoms with Crippen molar-refractivity contribution in [2.24, 2.45) is 5.10 Å². The Bertz CT molecular complexity index is 1620. The van der Waals surface area contributed by atoms with Gasteiger partial charge in [-0.2, -0.15) is 10.2 Å². The van der Waals surface area contributed by atoms with Crippen LogP contribution in [-0.2, 0) is 0 Å². The van der Waals surface area contributed by atoms with E-state index < -0.39 is 10.5 Å². The molecule has 0 amide bonds. The Morgan fingerprint density at radius 3 is 2.23 bits per heavy atom. The smallest absolute Gasteiger partial charge is 0.211 e. The topological polar surface area (TPSA) is 148 Å². The predicted molar refractivity (Wildman–Crippen MR) is 152 cm³/mol. The van der Waals surface area contributed by atoms with E-state index in [1.165, 1.54) is 23.5 Å². The van der Waals surface area contributed by atoms with Crippen molar-refractivity contribution in [2.75, 3.05) is 15.9 Å². The van der Waals surface area contributed by atoms with Gasteiger partial charge in [-0.25, -0.2) is 9.67 Å². The second kappa shape index (κ2) is 11.0. The number of nitrogens with zero attached hydrogens (tertiary/aromatic N) is 6. The number of thiazole rings is 1. The van der Waals surface area contributed by atoms with Crippen LogP contribution in [0.25, 0.3) is 27.6 Å². The molecule has 0 bridgehead atoms. The summed E-state index contributed by atoms with van der Waals surface area (Å²) in [5.41, 5.74) is 7.35. The third-order valence-electron chi connectivity index (χ3n) is 5.90. The Balaban J connectivity index is 1.50. The molecule has 0 atom stereocenters. The summed E-state index contributed by atoms with van der Waals surface area (Å²) >= 11 is 1.41. The molecular formula is C27H23N7O4S-2. The van der Waals surface area contributed by atoms with Crippen molar-refractivity contribution in [3.63, 3.8) is 0 Å². The second-order valence-electron chi connectivity index (χ2n) is 8.53. The molecule has 0 spiro atoms. The number of hydrazone groups is 1. The zero-order valence-electron chi connectivity index (χ0n) is 20.9. The molecule has 0 radical (unpaired) electrons. The Labute approximate surface area is 227 Å². The SMILES string of the molecule is C/C(=N\Nc1ccc(N([O-])O)cc1N([O-])O)c1sc(-n2nc(-c3ccccc3)cc2-c2ccccc2)nc1C. The summed E-state index contributed by atoms with van der Waals surface area (Å²) in [5.74, 6) is 0. The first kappa shape index (κ1) is 26.0. The maximum Gasteiger partial charge on any atom is 0.211 e. The lowest BCUT2D eigenvalue weighted by molar-refractivity contribution is 0.293. The minimum absolute atomic E-state index is 0.130. The van der Waals surface area contributed by atoms with E-state index in [4.69, 9.17) is 15.3 Å². The van der Waals surface area contributed by atoms with E-state index in [9.17, 15) is 15.6 Å². The van der Waals surface area contributed by atoms with Crippen molar-refractivity contribution < 1.29 is 10.4 Å². The molecule has 0 aliphatic heterocycles. The number of hydrogen-bond acceptors (Lipinski definition) is 11. The van der Waals surface area contributed by atoms with Gasteiger partial charge in [-0.3, -0.25) is 15.8 Å². The van der Waals surface area contributed by atoms with Crippen LogP contribution >= 0.6 is 11.3 Å².